The Morgan fingerprint density at radius 3 is 2.50 bits per heavy atom. The number of rotatable bonds is 4. The summed E-state index contributed by atoms with van der Waals surface area (Å²) in [5.41, 5.74) is 0. The first kappa shape index (κ1) is 12.6. The van der Waals surface area contributed by atoms with E-state index in [4.69, 9.17) is 4.74 Å². The maximum Gasteiger partial charge on any atom is 0.307 e. The predicted molar refractivity (Wildman–Crippen MR) is 55.4 cm³/mol. The third-order valence-electron chi connectivity index (χ3n) is 2.36. The van der Waals surface area contributed by atoms with Crippen molar-refractivity contribution < 1.29 is 19.1 Å². The quantitative estimate of drug-likeness (QED) is 0.508. The molecule has 1 aliphatic heterocycles. The number of piperazine rings is 1. The lowest BCUT2D eigenvalue weighted by molar-refractivity contribution is -0.146. The van der Waals surface area contributed by atoms with Crippen LogP contribution in [0.25, 0.3) is 0 Å². The molecule has 0 saturated carbocycles. The van der Waals surface area contributed by atoms with Gasteiger partial charge < -0.3 is 4.74 Å². The zero-order chi connectivity index (χ0) is 12.1. The summed E-state index contributed by atoms with van der Waals surface area (Å²) in [5, 5.41) is 2.21. The van der Waals surface area contributed by atoms with Crippen LogP contribution in [-0.4, -0.2) is 48.4 Å². The van der Waals surface area contributed by atoms with E-state index in [1.54, 1.807) is 18.7 Å². The van der Waals surface area contributed by atoms with E-state index in [0.29, 0.717) is 6.61 Å². The molecule has 0 aromatic rings. The van der Waals surface area contributed by atoms with E-state index >= 15 is 0 Å². The fraction of sp³-hybridized carbons (Fsp3) is 0.700. The predicted octanol–water partition coefficient (Wildman–Crippen LogP) is -0.713. The number of imide groups is 1. The number of carbonyl (C=O) groups excluding carboxylic acids is 3. The Kier molecular flexibility index (Phi) is 4.42. The van der Waals surface area contributed by atoms with E-state index in [-0.39, 0.29) is 43.3 Å². The van der Waals surface area contributed by atoms with Crippen molar-refractivity contribution in [1.29, 1.82) is 0 Å². The third kappa shape index (κ3) is 3.62. The van der Waals surface area contributed by atoms with Gasteiger partial charge in [0.25, 0.3) is 0 Å². The summed E-state index contributed by atoms with van der Waals surface area (Å²) < 4.78 is 4.81. The first-order valence-electron chi connectivity index (χ1n) is 5.25. The van der Waals surface area contributed by atoms with Crippen molar-refractivity contribution in [1.82, 2.24) is 10.2 Å². The molecule has 0 bridgehead atoms. The Morgan fingerprint density at radius 1 is 1.44 bits per heavy atom. The van der Waals surface area contributed by atoms with E-state index in [0.717, 1.165) is 0 Å². The van der Waals surface area contributed by atoms with Gasteiger partial charge in [-0.05, 0) is 13.8 Å². The molecule has 90 valence electrons. The highest BCUT2D eigenvalue weighted by Crippen LogP contribution is 2.07. The molecule has 6 heteroatoms. The Bertz CT molecular complexity index is 287. The number of hydrogen-bond acceptors (Lipinski definition) is 5. The van der Waals surface area contributed by atoms with E-state index in [1.165, 1.54) is 0 Å². The highest BCUT2D eigenvalue weighted by Gasteiger charge is 2.27. The molecule has 1 N–H and O–H groups in total. The van der Waals surface area contributed by atoms with Crippen LogP contribution in [0, 0.1) is 0 Å². The van der Waals surface area contributed by atoms with Crippen LogP contribution < -0.4 is 5.32 Å². The lowest BCUT2D eigenvalue weighted by Gasteiger charge is -2.30. The molecule has 2 amide bonds. The Labute approximate surface area is 93.9 Å². The number of nitrogens with one attached hydrogen (secondary N) is 1. The van der Waals surface area contributed by atoms with Crippen LogP contribution in [0.1, 0.15) is 20.3 Å². The van der Waals surface area contributed by atoms with Gasteiger partial charge in [-0.15, -0.1) is 0 Å². The van der Waals surface area contributed by atoms with Crippen LogP contribution in [0.15, 0.2) is 0 Å². The van der Waals surface area contributed by atoms with Crippen molar-refractivity contribution in [2.75, 3.05) is 19.7 Å². The van der Waals surface area contributed by atoms with Gasteiger partial charge in [0.05, 0.1) is 26.1 Å². The Morgan fingerprint density at radius 2 is 2.00 bits per heavy atom. The minimum absolute atomic E-state index is 0.145. The van der Waals surface area contributed by atoms with Crippen LogP contribution in [0.4, 0.5) is 0 Å². The van der Waals surface area contributed by atoms with Gasteiger partial charge in [-0.1, -0.05) is 0 Å². The smallest absolute Gasteiger partial charge is 0.307 e. The molecule has 1 unspecified atom stereocenters. The van der Waals surface area contributed by atoms with Crippen molar-refractivity contribution in [3.05, 3.63) is 0 Å². The fourth-order valence-electron chi connectivity index (χ4n) is 1.56. The molecular weight excluding hydrogens is 212 g/mol. The third-order valence-corrected chi connectivity index (χ3v) is 2.36. The van der Waals surface area contributed by atoms with Gasteiger partial charge in [0, 0.05) is 6.04 Å². The van der Waals surface area contributed by atoms with Crippen molar-refractivity contribution >= 4 is 17.8 Å². The summed E-state index contributed by atoms with van der Waals surface area (Å²) in [6.45, 7) is 4.16. The molecule has 0 aromatic carbocycles. The molecular formula is C10H16N2O4. The molecule has 1 heterocycles. The molecule has 0 aliphatic carbocycles. The van der Waals surface area contributed by atoms with Crippen molar-refractivity contribution in [2.45, 2.75) is 26.3 Å². The molecule has 1 fully saturated rings. The zero-order valence-electron chi connectivity index (χ0n) is 9.49. The monoisotopic (exact) mass is 228 g/mol. The Balaban J connectivity index is 2.46. The van der Waals surface area contributed by atoms with E-state index in [2.05, 4.69) is 5.32 Å². The Hall–Kier alpha value is -1.43. The second-order valence-electron chi connectivity index (χ2n) is 3.73. The molecule has 1 saturated heterocycles. The number of amides is 2. The van der Waals surface area contributed by atoms with Crippen LogP contribution in [0.2, 0.25) is 0 Å². The van der Waals surface area contributed by atoms with Gasteiger partial charge in [0.15, 0.2) is 0 Å². The number of carbonyl (C=O) groups is 3. The first-order chi connectivity index (χ1) is 7.52. The van der Waals surface area contributed by atoms with Gasteiger partial charge in [-0.25, -0.2) is 0 Å². The second kappa shape index (κ2) is 5.60. The van der Waals surface area contributed by atoms with E-state index in [9.17, 15) is 14.4 Å². The molecule has 6 nitrogen and oxygen atoms in total. The van der Waals surface area contributed by atoms with Gasteiger partial charge in [-0.2, -0.15) is 0 Å². The van der Waals surface area contributed by atoms with Crippen LogP contribution in [-0.2, 0) is 19.1 Å². The van der Waals surface area contributed by atoms with Crippen LogP contribution >= 0.6 is 0 Å². The highest BCUT2D eigenvalue weighted by atomic mass is 16.5. The van der Waals surface area contributed by atoms with E-state index in [1.807, 2.05) is 0 Å². The standard InChI is InChI=1S/C10H16N2O4/c1-3-16-10(15)4-7(2)12-5-8(13)11-9(14)6-12/h7H,3-6H2,1-2H3,(H,11,13,14). The summed E-state index contributed by atoms with van der Waals surface area (Å²) in [6.07, 6.45) is 0.189. The summed E-state index contributed by atoms with van der Waals surface area (Å²) in [4.78, 5) is 35.1. The van der Waals surface area contributed by atoms with Crippen LogP contribution in [0.3, 0.4) is 0 Å². The van der Waals surface area contributed by atoms with Crippen molar-refractivity contribution in [2.24, 2.45) is 0 Å². The van der Waals surface area contributed by atoms with Gasteiger partial charge in [-0.3, -0.25) is 24.6 Å². The lowest BCUT2D eigenvalue weighted by Crippen LogP contribution is -2.54. The maximum absolute atomic E-state index is 11.2. The fourth-order valence-corrected chi connectivity index (χ4v) is 1.56. The topological polar surface area (TPSA) is 75.7 Å². The largest absolute Gasteiger partial charge is 0.466 e. The summed E-state index contributed by atoms with van der Waals surface area (Å²) >= 11 is 0. The SMILES string of the molecule is CCOC(=O)CC(C)N1CC(=O)NC(=O)C1. The molecule has 0 aromatic heterocycles. The molecule has 16 heavy (non-hydrogen) atoms. The number of hydrogen-bond donors (Lipinski definition) is 1. The molecule has 0 radical (unpaired) electrons. The minimum Gasteiger partial charge on any atom is -0.466 e. The lowest BCUT2D eigenvalue weighted by atomic mass is 10.2. The van der Waals surface area contributed by atoms with Crippen LogP contribution in [0.5, 0.6) is 0 Å². The number of ether oxygens (including phenoxy) is 1. The number of esters is 1. The average molecular weight is 228 g/mol. The molecule has 0 spiro atoms. The maximum atomic E-state index is 11.2. The first-order valence-corrected chi connectivity index (χ1v) is 5.25. The van der Waals surface area contributed by atoms with E-state index < -0.39 is 0 Å². The van der Waals surface area contributed by atoms with Gasteiger partial charge >= 0.3 is 5.97 Å². The molecule has 1 rings (SSSR count). The summed E-state index contributed by atoms with van der Waals surface area (Å²) in [5.74, 6) is -0.965. The minimum atomic E-state index is -0.327. The van der Waals surface area contributed by atoms with Gasteiger partial charge in [0.1, 0.15) is 0 Å². The van der Waals surface area contributed by atoms with Gasteiger partial charge in [0.2, 0.25) is 11.8 Å². The average Bonchev–Trinajstić information content (AvgIpc) is 2.16. The zero-order valence-corrected chi connectivity index (χ0v) is 9.49. The molecule has 1 aliphatic rings. The second-order valence-corrected chi connectivity index (χ2v) is 3.73. The normalized spacial score (nSPS) is 19.1. The summed E-state index contributed by atoms with van der Waals surface area (Å²) in [6, 6.07) is -0.172. The van der Waals surface area contributed by atoms with Crippen molar-refractivity contribution in [3.63, 3.8) is 0 Å². The molecule has 1 atom stereocenters. The summed E-state index contributed by atoms with van der Waals surface area (Å²) in [7, 11) is 0. The number of nitrogens with zero attached hydrogens (tertiary/aromatic N) is 1. The highest BCUT2D eigenvalue weighted by molar-refractivity contribution is 5.99. The van der Waals surface area contributed by atoms with Crippen molar-refractivity contribution in [3.8, 4) is 0 Å².